The zero-order valence-corrected chi connectivity index (χ0v) is 18.7. The van der Waals surface area contributed by atoms with Crippen molar-refractivity contribution in [3.05, 3.63) is 88.4 Å². The molecule has 0 spiro atoms. The van der Waals surface area contributed by atoms with Crippen molar-refractivity contribution in [3.8, 4) is 5.75 Å². The Kier molecular flexibility index (Phi) is 7.12. The molecule has 30 heavy (non-hydrogen) atoms. The van der Waals surface area contributed by atoms with Gasteiger partial charge in [-0.25, -0.2) is 8.42 Å². The summed E-state index contributed by atoms with van der Waals surface area (Å²) in [5.41, 5.74) is 1.76. The van der Waals surface area contributed by atoms with Gasteiger partial charge in [0.05, 0.1) is 12.0 Å². The average molecular weight is 489 g/mol. The molecule has 3 aromatic rings. The normalized spacial score (nSPS) is 11.0. The second-order valence-corrected chi connectivity index (χ2v) is 9.00. The topological polar surface area (TPSA) is 84.5 Å². The third kappa shape index (κ3) is 5.61. The van der Waals surface area contributed by atoms with Crippen LogP contribution in [0.3, 0.4) is 0 Å². The Morgan fingerprint density at radius 1 is 1.00 bits per heavy atom. The molecule has 0 heterocycles. The van der Waals surface area contributed by atoms with Crippen LogP contribution in [0.5, 0.6) is 5.75 Å². The van der Waals surface area contributed by atoms with E-state index in [0.29, 0.717) is 24.4 Å². The second-order valence-electron chi connectivity index (χ2n) is 6.46. The van der Waals surface area contributed by atoms with Gasteiger partial charge in [-0.15, -0.1) is 0 Å². The van der Waals surface area contributed by atoms with Crippen molar-refractivity contribution in [1.29, 1.82) is 0 Å². The van der Waals surface area contributed by atoms with Gasteiger partial charge < -0.3 is 10.1 Å². The Labute approximate surface area is 184 Å². The van der Waals surface area contributed by atoms with E-state index in [1.807, 2.05) is 24.3 Å². The molecule has 0 unspecified atom stereocenters. The first-order valence-corrected chi connectivity index (χ1v) is 11.5. The van der Waals surface area contributed by atoms with Crippen molar-refractivity contribution < 1.29 is 17.9 Å². The molecule has 0 saturated heterocycles. The molecule has 0 bridgehead atoms. The van der Waals surface area contributed by atoms with E-state index in [9.17, 15) is 13.2 Å². The number of anilines is 1. The van der Waals surface area contributed by atoms with Crippen LogP contribution in [-0.4, -0.2) is 28.0 Å². The van der Waals surface area contributed by atoms with Crippen LogP contribution < -0.4 is 14.8 Å². The van der Waals surface area contributed by atoms with Gasteiger partial charge in [-0.3, -0.25) is 9.52 Å². The van der Waals surface area contributed by atoms with Crippen LogP contribution in [0.25, 0.3) is 0 Å². The van der Waals surface area contributed by atoms with Gasteiger partial charge in [-0.05, 0) is 60.5 Å². The zero-order valence-electron chi connectivity index (χ0n) is 16.3. The summed E-state index contributed by atoms with van der Waals surface area (Å²) in [6.45, 7) is 0.433. The molecule has 3 aromatic carbocycles. The summed E-state index contributed by atoms with van der Waals surface area (Å²) < 4.78 is 33.9. The summed E-state index contributed by atoms with van der Waals surface area (Å²) in [6.07, 6.45) is 0.657. The molecular weight excluding hydrogens is 468 g/mol. The molecule has 6 nitrogen and oxygen atoms in total. The van der Waals surface area contributed by atoms with Crippen molar-refractivity contribution in [2.45, 2.75) is 11.3 Å². The highest BCUT2D eigenvalue weighted by Crippen LogP contribution is 2.20. The van der Waals surface area contributed by atoms with Crippen LogP contribution in [0.15, 0.2) is 82.2 Å². The first-order valence-electron chi connectivity index (χ1n) is 9.17. The third-order valence-corrected chi connectivity index (χ3v) is 6.54. The van der Waals surface area contributed by atoms with E-state index in [1.54, 1.807) is 36.4 Å². The lowest BCUT2D eigenvalue weighted by atomic mass is 10.1. The van der Waals surface area contributed by atoms with Crippen LogP contribution in [0.4, 0.5) is 5.69 Å². The number of methoxy groups -OCH3 is 1. The molecule has 8 heteroatoms. The SMILES string of the molecule is COc1ccc(NS(=O)(=O)c2cccc(C(=O)NCCc3ccccc3Br)c2)cc1. The smallest absolute Gasteiger partial charge is 0.261 e. The molecule has 3 rings (SSSR count). The van der Waals surface area contributed by atoms with Crippen LogP contribution in [0.2, 0.25) is 0 Å². The van der Waals surface area contributed by atoms with Gasteiger partial charge in [-0.2, -0.15) is 0 Å². The summed E-state index contributed by atoms with van der Waals surface area (Å²) in [6, 6.07) is 20.3. The van der Waals surface area contributed by atoms with E-state index >= 15 is 0 Å². The van der Waals surface area contributed by atoms with Crippen molar-refractivity contribution in [2.75, 3.05) is 18.4 Å². The molecule has 0 atom stereocenters. The first-order chi connectivity index (χ1) is 14.4. The minimum Gasteiger partial charge on any atom is -0.497 e. The van der Waals surface area contributed by atoms with E-state index in [0.717, 1.165) is 10.0 Å². The molecular formula is C22H21BrN2O4S. The van der Waals surface area contributed by atoms with Gasteiger partial charge in [0.2, 0.25) is 0 Å². The van der Waals surface area contributed by atoms with E-state index in [-0.39, 0.29) is 16.4 Å². The van der Waals surface area contributed by atoms with Gasteiger partial charge in [0.25, 0.3) is 15.9 Å². The van der Waals surface area contributed by atoms with Crippen LogP contribution in [0, 0.1) is 0 Å². The lowest BCUT2D eigenvalue weighted by molar-refractivity contribution is 0.0954. The predicted octanol–water partition coefficient (Wildman–Crippen LogP) is 4.23. The van der Waals surface area contributed by atoms with Crippen molar-refractivity contribution in [2.24, 2.45) is 0 Å². The molecule has 0 saturated carbocycles. The van der Waals surface area contributed by atoms with Gasteiger partial charge in [0, 0.05) is 22.3 Å². The number of hydrogen-bond donors (Lipinski definition) is 2. The number of hydrogen-bond acceptors (Lipinski definition) is 4. The molecule has 0 radical (unpaired) electrons. The number of carbonyl (C=O) groups is 1. The van der Waals surface area contributed by atoms with Crippen molar-refractivity contribution >= 4 is 37.5 Å². The lowest BCUT2D eigenvalue weighted by Gasteiger charge is -2.11. The summed E-state index contributed by atoms with van der Waals surface area (Å²) in [5.74, 6) is 0.294. The number of amides is 1. The van der Waals surface area contributed by atoms with E-state index in [2.05, 4.69) is 26.0 Å². The molecule has 0 aromatic heterocycles. The third-order valence-electron chi connectivity index (χ3n) is 4.39. The van der Waals surface area contributed by atoms with Crippen LogP contribution in [0.1, 0.15) is 15.9 Å². The quantitative estimate of drug-likeness (QED) is 0.496. The minimum absolute atomic E-state index is 0.0109. The molecule has 0 aliphatic carbocycles. The Morgan fingerprint density at radius 2 is 1.73 bits per heavy atom. The number of sulfonamides is 1. The van der Waals surface area contributed by atoms with Crippen molar-refractivity contribution in [1.82, 2.24) is 5.32 Å². The number of nitrogens with one attached hydrogen (secondary N) is 2. The fourth-order valence-corrected chi connectivity index (χ4v) is 4.38. The summed E-state index contributed by atoms with van der Waals surface area (Å²) in [5, 5.41) is 2.83. The maximum absolute atomic E-state index is 12.7. The molecule has 0 aliphatic rings. The number of halogens is 1. The van der Waals surface area contributed by atoms with Gasteiger partial charge in [-0.1, -0.05) is 40.2 Å². The Hall–Kier alpha value is -2.84. The number of carbonyl (C=O) groups excluding carboxylic acids is 1. The van der Waals surface area contributed by atoms with Gasteiger partial charge in [0.15, 0.2) is 0 Å². The van der Waals surface area contributed by atoms with E-state index < -0.39 is 10.0 Å². The monoisotopic (exact) mass is 488 g/mol. The van der Waals surface area contributed by atoms with E-state index in [4.69, 9.17) is 4.74 Å². The lowest BCUT2D eigenvalue weighted by Crippen LogP contribution is -2.26. The molecule has 0 fully saturated rings. The summed E-state index contributed by atoms with van der Waals surface area (Å²) >= 11 is 3.48. The average Bonchev–Trinajstić information content (AvgIpc) is 2.75. The number of rotatable bonds is 8. The van der Waals surface area contributed by atoms with Crippen molar-refractivity contribution in [3.63, 3.8) is 0 Å². The van der Waals surface area contributed by atoms with Crippen LogP contribution in [-0.2, 0) is 16.4 Å². The Bertz CT molecular complexity index is 1130. The maximum Gasteiger partial charge on any atom is 0.261 e. The Balaban J connectivity index is 1.66. The molecule has 2 N–H and O–H groups in total. The van der Waals surface area contributed by atoms with Gasteiger partial charge in [0.1, 0.15) is 5.75 Å². The summed E-state index contributed by atoms with van der Waals surface area (Å²) in [7, 11) is -2.30. The Morgan fingerprint density at radius 3 is 2.43 bits per heavy atom. The fourth-order valence-electron chi connectivity index (χ4n) is 2.79. The zero-order chi connectivity index (χ0) is 21.6. The highest BCUT2D eigenvalue weighted by molar-refractivity contribution is 9.10. The molecule has 0 aliphatic heterocycles. The summed E-state index contributed by atoms with van der Waals surface area (Å²) in [4.78, 5) is 12.5. The molecule has 1 amide bonds. The first kappa shape index (κ1) is 21.9. The molecule has 156 valence electrons. The highest BCUT2D eigenvalue weighted by Gasteiger charge is 2.16. The number of benzene rings is 3. The van der Waals surface area contributed by atoms with Gasteiger partial charge >= 0.3 is 0 Å². The maximum atomic E-state index is 12.7. The van der Waals surface area contributed by atoms with E-state index in [1.165, 1.54) is 19.2 Å². The predicted molar refractivity (Wildman–Crippen MR) is 120 cm³/mol. The standard InChI is InChI=1S/C22H21BrN2O4S/c1-29-19-11-9-18(10-12-19)25-30(27,28)20-7-4-6-17(15-20)22(26)24-14-13-16-5-2-3-8-21(16)23/h2-12,15,25H,13-14H2,1H3,(H,24,26). The fraction of sp³-hybridized carbons (Fsp3) is 0.136. The highest BCUT2D eigenvalue weighted by atomic mass is 79.9. The number of ether oxygens (including phenoxy) is 1. The minimum atomic E-state index is -3.84. The largest absolute Gasteiger partial charge is 0.497 e. The van der Waals surface area contributed by atoms with Crippen LogP contribution >= 0.6 is 15.9 Å². The second kappa shape index (κ2) is 9.77.